The van der Waals surface area contributed by atoms with E-state index in [1.807, 2.05) is 0 Å². The van der Waals surface area contributed by atoms with Gasteiger partial charge in [-0.25, -0.2) is 0 Å². The maximum absolute atomic E-state index is 5.55. The van der Waals surface area contributed by atoms with E-state index in [2.05, 4.69) is 24.6 Å². The van der Waals surface area contributed by atoms with Gasteiger partial charge < -0.3 is 10.6 Å². The fourth-order valence-electron chi connectivity index (χ4n) is 1.71. The second-order valence-corrected chi connectivity index (χ2v) is 4.13. The number of thiol groups is 1. The van der Waals surface area contributed by atoms with Gasteiger partial charge in [0.2, 0.25) is 0 Å². The van der Waals surface area contributed by atoms with Gasteiger partial charge in [0.25, 0.3) is 0 Å². The van der Waals surface area contributed by atoms with Crippen LogP contribution >= 0.6 is 12.6 Å². The molecular weight excluding hydrogens is 156 g/mol. The quantitative estimate of drug-likeness (QED) is 0.600. The first-order valence-corrected chi connectivity index (χ1v) is 4.82. The van der Waals surface area contributed by atoms with Gasteiger partial charge in [-0.1, -0.05) is 0 Å². The van der Waals surface area contributed by atoms with Crippen LogP contribution in [0.2, 0.25) is 0 Å². The molecule has 3 heteroatoms. The van der Waals surface area contributed by atoms with E-state index in [1.165, 1.54) is 25.9 Å². The summed E-state index contributed by atoms with van der Waals surface area (Å²) < 4.78 is 0. The Morgan fingerprint density at radius 1 is 1.73 bits per heavy atom. The van der Waals surface area contributed by atoms with Gasteiger partial charge in [-0.05, 0) is 32.4 Å². The molecule has 0 aliphatic carbocycles. The Hall–Kier alpha value is 0.270. The highest BCUT2D eigenvalue weighted by molar-refractivity contribution is 7.81. The summed E-state index contributed by atoms with van der Waals surface area (Å²) in [7, 11) is 2.17. The fraction of sp³-hybridized carbons (Fsp3) is 1.00. The van der Waals surface area contributed by atoms with E-state index in [-0.39, 0.29) is 0 Å². The molecule has 1 aliphatic rings. The summed E-state index contributed by atoms with van der Waals surface area (Å²) in [6.45, 7) is 3.12. The third-order valence-corrected chi connectivity index (χ3v) is 3.08. The Labute approximate surface area is 74.5 Å². The lowest BCUT2D eigenvalue weighted by molar-refractivity contribution is 0.208. The van der Waals surface area contributed by atoms with E-state index in [9.17, 15) is 0 Å². The Bertz CT molecular complexity index is 119. The minimum absolute atomic E-state index is 0.401. The van der Waals surface area contributed by atoms with Crippen LogP contribution in [0.5, 0.6) is 0 Å². The van der Waals surface area contributed by atoms with Gasteiger partial charge in [-0.2, -0.15) is 12.6 Å². The van der Waals surface area contributed by atoms with Crippen molar-refractivity contribution in [3.05, 3.63) is 0 Å². The molecule has 0 aromatic carbocycles. The first-order valence-electron chi connectivity index (χ1n) is 4.30. The van der Waals surface area contributed by atoms with Gasteiger partial charge in [-0.15, -0.1) is 0 Å². The highest BCUT2D eigenvalue weighted by Gasteiger charge is 2.21. The molecule has 1 heterocycles. The summed E-state index contributed by atoms with van der Waals surface area (Å²) in [6.07, 6.45) is 2.61. The van der Waals surface area contributed by atoms with Gasteiger partial charge in [0.1, 0.15) is 0 Å². The monoisotopic (exact) mass is 174 g/mol. The molecular formula is C8H18N2S. The second kappa shape index (κ2) is 4.33. The first kappa shape index (κ1) is 9.36. The molecule has 0 amide bonds. The average molecular weight is 174 g/mol. The number of nitrogens with two attached hydrogens (primary N) is 1. The summed E-state index contributed by atoms with van der Waals surface area (Å²) in [5.74, 6) is 0.710. The largest absolute Gasteiger partial charge is 0.329 e. The van der Waals surface area contributed by atoms with Crippen LogP contribution in [0.25, 0.3) is 0 Å². The number of nitrogens with zero attached hydrogens (tertiary/aromatic N) is 1. The zero-order valence-corrected chi connectivity index (χ0v) is 8.06. The summed E-state index contributed by atoms with van der Waals surface area (Å²) in [6, 6.07) is 0. The molecule has 2 nitrogen and oxygen atoms in total. The molecule has 0 saturated carbocycles. The molecule has 2 N–H and O–H groups in total. The molecule has 11 heavy (non-hydrogen) atoms. The van der Waals surface area contributed by atoms with Crippen molar-refractivity contribution in [1.82, 2.24) is 4.90 Å². The van der Waals surface area contributed by atoms with Crippen molar-refractivity contribution in [3.8, 4) is 0 Å². The normalized spacial score (nSPS) is 30.3. The van der Waals surface area contributed by atoms with Crippen LogP contribution in [0.3, 0.4) is 0 Å². The fourth-order valence-corrected chi connectivity index (χ4v) is 1.96. The third kappa shape index (κ3) is 2.65. The van der Waals surface area contributed by atoms with Crippen molar-refractivity contribution in [1.29, 1.82) is 0 Å². The molecule has 1 rings (SSSR count). The molecule has 2 unspecified atom stereocenters. The molecule has 66 valence electrons. The molecule has 1 fully saturated rings. The number of hydrogen-bond donors (Lipinski definition) is 2. The molecule has 0 spiro atoms. The Kier molecular flexibility index (Phi) is 3.69. The summed E-state index contributed by atoms with van der Waals surface area (Å²) in [5, 5.41) is 0.401. The minimum atomic E-state index is 0.401. The van der Waals surface area contributed by atoms with E-state index in [0.29, 0.717) is 17.7 Å². The SMILES string of the molecule is CN1CCCC(C(S)CN)C1. The number of piperidine rings is 1. The maximum Gasteiger partial charge on any atom is 0.0180 e. The third-order valence-electron chi connectivity index (χ3n) is 2.45. The van der Waals surface area contributed by atoms with Crippen molar-refractivity contribution >= 4 is 12.6 Å². The smallest absolute Gasteiger partial charge is 0.0180 e. The molecule has 2 atom stereocenters. The molecule has 1 aliphatic heterocycles. The van der Waals surface area contributed by atoms with Gasteiger partial charge in [0.05, 0.1) is 0 Å². The van der Waals surface area contributed by atoms with E-state index < -0.39 is 0 Å². The Balaban J connectivity index is 2.33. The average Bonchev–Trinajstić information content (AvgIpc) is 2.03. The number of rotatable bonds is 2. The van der Waals surface area contributed by atoms with E-state index >= 15 is 0 Å². The van der Waals surface area contributed by atoms with Gasteiger partial charge >= 0.3 is 0 Å². The van der Waals surface area contributed by atoms with Crippen molar-refractivity contribution in [2.45, 2.75) is 18.1 Å². The number of likely N-dealkylation sites (tertiary alicyclic amines) is 1. The van der Waals surface area contributed by atoms with Crippen LogP contribution in [0, 0.1) is 5.92 Å². The topological polar surface area (TPSA) is 29.3 Å². The lowest BCUT2D eigenvalue weighted by atomic mass is 9.95. The minimum Gasteiger partial charge on any atom is -0.329 e. The van der Waals surface area contributed by atoms with Crippen LogP contribution in [-0.2, 0) is 0 Å². The van der Waals surface area contributed by atoms with Gasteiger partial charge in [-0.3, -0.25) is 0 Å². The molecule has 0 aromatic rings. The Morgan fingerprint density at radius 3 is 3.00 bits per heavy atom. The molecule has 1 saturated heterocycles. The van der Waals surface area contributed by atoms with Crippen LogP contribution in [-0.4, -0.2) is 36.8 Å². The van der Waals surface area contributed by atoms with Crippen LogP contribution in [0.4, 0.5) is 0 Å². The standard InChI is InChI=1S/C8H18N2S/c1-10-4-2-3-7(6-10)8(11)5-9/h7-8,11H,2-6,9H2,1H3. The molecule has 0 radical (unpaired) electrons. The Morgan fingerprint density at radius 2 is 2.45 bits per heavy atom. The summed E-state index contributed by atoms with van der Waals surface area (Å²) in [5.41, 5.74) is 5.55. The van der Waals surface area contributed by atoms with Crippen molar-refractivity contribution in [3.63, 3.8) is 0 Å². The highest BCUT2D eigenvalue weighted by Crippen LogP contribution is 2.21. The van der Waals surface area contributed by atoms with Crippen LogP contribution in [0.15, 0.2) is 0 Å². The second-order valence-electron chi connectivity index (χ2n) is 3.47. The lowest BCUT2D eigenvalue weighted by Gasteiger charge is -2.32. The molecule has 0 aromatic heterocycles. The molecule has 0 bridgehead atoms. The van der Waals surface area contributed by atoms with E-state index in [1.54, 1.807) is 0 Å². The zero-order chi connectivity index (χ0) is 8.27. The van der Waals surface area contributed by atoms with Crippen molar-refractivity contribution in [2.24, 2.45) is 11.7 Å². The van der Waals surface area contributed by atoms with Crippen LogP contribution < -0.4 is 5.73 Å². The van der Waals surface area contributed by atoms with Crippen molar-refractivity contribution in [2.75, 3.05) is 26.7 Å². The predicted octanol–water partition coefficient (Wildman–Crippen LogP) is 0.585. The number of hydrogen-bond acceptors (Lipinski definition) is 3. The van der Waals surface area contributed by atoms with Gasteiger partial charge in [0.15, 0.2) is 0 Å². The van der Waals surface area contributed by atoms with Crippen molar-refractivity contribution < 1.29 is 0 Å². The first-order chi connectivity index (χ1) is 5.24. The van der Waals surface area contributed by atoms with Crippen LogP contribution in [0.1, 0.15) is 12.8 Å². The summed E-state index contributed by atoms with van der Waals surface area (Å²) in [4.78, 5) is 2.37. The zero-order valence-electron chi connectivity index (χ0n) is 7.16. The lowest BCUT2D eigenvalue weighted by Crippen LogP contribution is -2.38. The van der Waals surface area contributed by atoms with E-state index in [0.717, 1.165) is 0 Å². The maximum atomic E-state index is 5.55. The highest BCUT2D eigenvalue weighted by atomic mass is 32.1. The van der Waals surface area contributed by atoms with Gasteiger partial charge in [0, 0.05) is 18.3 Å². The summed E-state index contributed by atoms with van der Waals surface area (Å²) >= 11 is 4.46. The van der Waals surface area contributed by atoms with E-state index in [4.69, 9.17) is 5.73 Å². The predicted molar refractivity (Wildman–Crippen MR) is 52.0 cm³/mol.